The predicted octanol–water partition coefficient (Wildman–Crippen LogP) is 0.966. The summed E-state index contributed by atoms with van der Waals surface area (Å²) in [6, 6.07) is 0. The molecule has 0 aliphatic carbocycles. The summed E-state index contributed by atoms with van der Waals surface area (Å²) in [5.74, 6) is -0.339. The third kappa shape index (κ3) is 10.4. The first-order valence-corrected chi connectivity index (χ1v) is 6.85. The molecule has 0 saturated carbocycles. The Bertz CT molecular complexity index is 442. The van der Waals surface area contributed by atoms with E-state index in [9.17, 15) is 14.4 Å². The third-order valence-corrected chi connectivity index (χ3v) is 2.52. The summed E-state index contributed by atoms with van der Waals surface area (Å²) in [7, 11) is 1.48. The van der Waals surface area contributed by atoms with Crippen LogP contribution in [0.2, 0.25) is 6.32 Å². The van der Waals surface area contributed by atoms with Crippen LogP contribution in [0.1, 0.15) is 20.3 Å². The molecule has 6 heteroatoms. The number of nitrogens with one attached hydrogen (secondary N) is 2. The van der Waals surface area contributed by atoms with Crippen LogP contribution in [0, 0.1) is 0 Å². The van der Waals surface area contributed by atoms with Crippen LogP contribution < -0.4 is 10.6 Å². The Hall–Kier alpha value is -2.11. The van der Waals surface area contributed by atoms with Crippen LogP contribution in [-0.4, -0.2) is 37.9 Å². The lowest BCUT2D eigenvalue weighted by molar-refractivity contribution is -0.121. The van der Waals surface area contributed by atoms with Crippen molar-refractivity contribution < 1.29 is 14.4 Å². The fraction of sp³-hybridized carbons (Fsp3) is 0.400. The highest BCUT2D eigenvalue weighted by Gasteiger charge is 2.05. The summed E-state index contributed by atoms with van der Waals surface area (Å²) < 4.78 is 0. The molecule has 0 aromatic heterocycles. The molecule has 0 aromatic carbocycles. The van der Waals surface area contributed by atoms with E-state index >= 15 is 0 Å². The SMILES string of the molecule is C=C/C=C\C(=C/C)C(=O)NCCNC(=O)CC[B]C(C)=O. The Balaban J connectivity index is 3.86. The van der Waals surface area contributed by atoms with E-state index in [1.54, 1.807) is 31.2 Å². The number of carbonyl (C=O) groups excluding carboxylic acids is 3. The Morgan fingerprint density at radius 3 is 2.43 bits per heavy atom. The smallest absolute Gasteiger partial charge is 0.251 e. The molecule has 113 valence electrons. The van der Waals surface area contributed by atoms with E-state index in [4.69, 9.17) is 0 Å². The average Bonchev–Trinajstić information content (AvgIpc) is 2.44. The van der Waals surface area contributed by atoms with Gasteiger partial charge in [-0.25, -0.2) is 0 Å². The standard InChI is InChI=1S/C15H22BN2O3/c1-4-6-7-13(5-2)15(21)18-11-10-17-14(20)8-9-16-12(3)19/h4-7H,1,8-11H2,2-3H3,(H,17,20)(H,18,21)/b7-6-,13-5+. The average molecular weight is 289 g/mol. The van der Waals surface area contributed by atoms with E-state index in [2.05, 4.69) is 17.2 Å². The maximum Gasteiger partial charge on any atom is 0.251 e. The van der Waals surface area contributed by atoms with Crippen molar-refractivity contribution in [2.45, 2.75) is 26.6 Å². The van der Waals surface area contributed by atoms with Crippen molar-refractivity contribution in [3.05, 3.63) is 36.5 Å². The van der Waals surface area contributed by atoms with Crippen LogP contribution in [-0.2, 0) is 14.4 Å². The minimum atomic E-state index is -0.199. The van der Waals surface area contributed by atoms with Crippen molar-refractivity contribution in [3.8, 4) is 0 Å². The minimum absolute atomic E-state index is 0.0403. The lowest BCUT2D eigenvalue weighted by Crippen LogP contribution is -2.35. The highest BCUT2D eigenvalue weighted by Crippen LogP contribution is 1.96. The molecule has 21 heavy (non-hydrogen) atoms. The quantitative estimate of drug-likeness (QED) is 0.272. The number of carbonyl (C=O) groups is 3. The van der Waals surface area contributed by atoms with Crippen molar-refractivity contribution in [2.24, 2.45) is 0 Å². The summed E-state index contributed by atoms with van der Waals surface area (Å²) in [6.07, 6.45) is 7.35. The van der Waals surface area contributed by atoms with Gasteiger partial charge >= 0.3 is 0 Å². The highest BCUT2D eigenvalue weighted by atomic mass is 16.2. The number of amides is 2. The van der Waals surface area contributed by atoms with Gasteiger partial charge in [0.2, 0.25) is 13.2 Å². The first kappa shape index (κ1) is 18.9. The van der Waals surface area contributed by atoms with Gasteiger partial charge in [-0.3, -0.25) is 9.59 Å². The fourth-order valence-electron chi connectivity index (χ4n) is 1.45. The van der Waals surface area contributed by atoms with E-state index in [1.165, 1.54) is 14.2 Å². The molecule has 0 heterocycles. The second-order valence-corrected chi connectivity index (χ2v) is 4.30. The zero-order chi connectivity index (χ0) is 16.1. The van der Waals surface area contributed by atoms with Gasteiger partial charge in [0.15, 0.2) is 0 Å². The van der Waals surface area contributed by atoms with Gasteiger partial charge < -0.3 is 15.4 Å². The predicted molar refractivity (Wildman–Crippen MR) is 85.0 cm³/mol. The van der Waals surface area contributed by atoms with Gasteiger partial charge in [-0.1, -0.05) is 31.1 Å². The van der Waals surface area contributed by atoms with E-state index in [0.717, 1.165) is 0 Å². The molecule has 1 radical (unpaired) electrons. The molecular weight excluding hydrogens is 267 g/mol. The van der Waals surface area contributed by atoms with Gasteiger partial charge in [0, 0.05) is 25.1 Å². The van der Waals surface area contributed by atoms with Crippen molar-refractivity contribution in [2.75, 3.05) is 13.1 Å². The number of hydrogen-bond donors (Lipinski definition) is 2. The van der Waals surface area contributed by atoms with Gasteiger partial charge in [0.1, 0.15) is 0 Å². The Kier molecular flexibility index (Phi) is 10.5. The van der Waals surface area contributed by atoms with Crippen LogP contribution in [0.3, 0.4) is 0 Å². The minimum Gasteiger partial charge on any atom is -0.354 e. The van der Waals surface area contributed by atoms with Crippen molar-refractivity contribution >= 4 is 24.8 Å². The topological polar surface area (TPSA) is 75.3 Å². The van der Waals surface area contributed by atoms with Gasteiger partial charge in [-0.05, 0) is 19.9 Å². The highest BCUT2D eigenvalue weighted by molar-refractivity contribution is 6.73. The molecule has 0 bridgehead atoms. The van der Waals surface area contributed by atoms with Crippen molar-refractivity contribution in [3.63, 3.8) is 0 Å². The van der Waals surface area contributed by atoms with Gasteiger partial charge in [0.25, 0.3) is 5.91 Å². The summed E-state index contributed by atoms with van der Waals surface area (Å²) in [4.78, 5) is 33.8. The first-order chi connectivity index (χ1) is 10.0. The van der Waals surface area contributed by atoms with Gasteiger partial charge in [-0.2, -0.15) is 0 Å². The second-order valence-electron chi connectivity index (χ2n) is 4.30. The summed E-state index contributed by atoms with van der Waals surface area (Å²) >= 11 is 0. The van der Waals surface area contributed by atoms with Gasteiger partial charge in [0.05, 0.1) is 5.68 Å². The maximum atomic E-state index is 11.8. The fourth-order valence-corrected chi connectivity index (χ4v) is 1.45. The largest absolute Gasteiger partial charge is 0.354 e. The van der Waals surface area contributed by atoms with Crippen LogP contribution in [0.15, 0.2) is 36.5 Å². The van der Waals surface area contributed by atoms with Gasteiger partial charge in [-0.15, -0.1) is 0 Å². The molecule has 0 fully saturated rings. The molecule has 2 N–H and O–H groups in total. The van der Waals surface area contributed by atoms with E-state index in [0.29, 0.717) is 25.0 Å². The third-order valence-electron chi connectivity index (χ3n) is 2.52. The molecule has 0 atom stereocenters. The summed E-state index contributed by atoms with van der Waals surface area (Å²) in [6.45, 7) is 7.47. The number of allylic oxidation sites excluding steroid dienone is 3. The van der Waals surface area contributed by atoms with Crippen LogP contribution >= 0.6 is 0 Å². The molecule has 0 aliphatic heterocycles. The normalized spacial score (nSPS) is 11.0. The van der Waals surface area contributed by atoms with Crippen molar-refractivity contribution in [1.29, 1.82) is 0 Å². The zero-order valence-electron chi connectivity index (χ0n) is 12.6. The Morgan fingerprint density at radius 2 is 1.86 bits per heavy atom. The Labute approximate surface area is 126 Å². The molecule has 0 spiro atoms. The number of hydrogen-bond acceptors (Lipinski definition) is 3. The maximum absolute atomic E-state index is 11.8. The van der Waals surface area contributed by atoms with E-state index in [-0.39, 0.29) is 23.9 Å². The molecule has 0 unspecified atom stereocenters. The molecule has 0 aromatic rings. The molecule has 0 aliphatic rings. The second kappa shape index (κ2) is 11.7. The molecule has 2 amide bonds. The van der Waals surface area contributed by atoms with E-state index < -0.39 is 0 Å². The van der Waals surface area contributed by atoms with Crippen molar-refractivity contribution in [1.82, 2.24) is 10.6 Å². The van der Waals surface area contributed by atoms with Crippen LogP contribution in [0.25, 0.3) is 0 Å². The lowest BCUT2D eigenvalue weighted by atomic mass is 9.69. The van der Waals surface area contributed by atoms with Crippen LogP contribution in [0.4, 0.5) is 0 Å². The molecule has 0 rings (SSSR count). The summed E-state index contributed by atoms with van der Waals surface area (Å²) in [5.41, 5.74) is 0.499. The van der Waals surface area contributed by atoms with E-state index in [1.807, 2.05) is 0 Å². The monoisotopic (exact) mass is 289 g/mol. The lowest BCUT2D eigenvalue weighted by Gasteiger charge is -2.07. The molecule has 5 nitrogen and oxygen atoms in total. The summed E-state index contributed by atoms with van der Waals surface area (Å²) in [5, 5.41) is 5.38. The first-order valence-electron chi connectivity index (χ1n) is 6.85. The number of rotatable bonds is 10. The van der Waals surface area contributed by atoms with Crippen LogP contribution in [0.5, 0.6) is 0 Å². The molecular formula is C15H22BN2O3. The molecule has 0 saturated heterocycles. The Morgan fingerprint density at radius 1 is 1.19 bits per heavy atom. The zero-order valence-corrected chi connectivity index (χ0v) is 12.6.